The van der Waals surface area contributed by atoms with Crippen LogP contribution in [0.4, 0.5) is 11.4 Å². The smallest absolute Gasteiger partial charge is 0.261 e. The topological polar surface area (TPSA) is 75.3 Å². The van der Waals surface area contributed by atoms with Crippen molar-refractivity contribution in [1.29, 1.82) is 0 Å². The van der Waals surface area contributed by atoms with Crippen LogP contribution in [-0.2, 0) is 14.8 Å². The van der Waals surface area contributed by atoms with Crippen molar-refractivity contribution in [3.63, 3.8) is 0 Å². The van der Waals surface area contributed by atoms with Crippen LogP contribution in [0, 0.1) is 0 Å². The van der Waals surface area contributed by atoms with Gasteiger partial charge in [-0.25, -0.2) is 8.42 Å². The molecule has 31 heavy (non-hydrogen) atoms. The zero-order valence-electron chi connectivity index (χ0n) is 15.6. The van der Waals surface area contributed by atoms with Gasteiger partial charge in [-0.3, -0.25) is 9.52 Å². The molecule has 10 heteroatoms. The lowest BCUT2D eigenvalue weighted by Crippen LogP contribution is -2.13. The van der Waals surface area contributed by atoms with Crippen molar-refractivity contribution in [2.24, 2.45) is 0 Å². The first-order chi connectivity index (χ1) is 14.6. The van der Waals surface area contributed by atoms with Gasteiger partial charge in [0.15, 0.2) is 0 Å². The van der Waals surface area contributed by atoms with Gasteiger partial charge in [-0.1, -0.05) is 52.5 Å². The molecule has 0 aliphatic heterocycles. The molecular weight excluding hydrogens is 502 g/mol. The molecule has 0 spiro atoms. The van der Waals surface area contributed by atoms with E-state index in [1.807, 2.05) is 0 Å². The number of hydrogen-bond donors (Lipinski definition) is 2. The minimum Gasteiger partial charge on any atom is -0.323 e. The normalized spacial score (nSPS) is 11.5. The number of halogens is 4. The highest BCUT2D eigenvalue weighted by molar-refractivity contribution is 7.92. The second kappa shape index (κ2) is 9.94. The SMILES string of the molecule is O=C(/C=C/c1ccc(Cl)cc1Cl)Nc1ccc(S(=O)(=O)Nc2cc(Cl)cc(Cl)c2)cc1. The summed E-state index contributed by atoms with van der Waals surface area (Å²) in [4.78, 5) is 12.1. The molecule has 0 unspecified atom stereocenters. The lowest BCUT2D eigenvalue weighted by Gasteiger charge is -2.10. The van der Waals surface area contributed by atoms with E-state index in [0.717, 1.165) is 0 Å². The molecule has 0 heterocycles. The fourth-order valence-corrected chi connectivity index (χ4v) is 4.57. The van der Waals surface area contributed by atoms with Crippen LogP contribution in [0.15, 0.2) is 71.6 Å². The second-order valence-corrected chi connectivity index (χ2v) is 9.68. The predicted molar refractivity (Wildman–Crippen MR) is 128 cm³/mol. The van der Waals surface area contributed by atoms with Gasteiger partial charge in [-0.15, -0.1) is 0 Å². The van der Waals surface area contributed by atoms with Gasteiger partial charge in [0, 0.05) is 31.9 Å². The molecule has 5 nitrogen and oxygen atoms in total. The average Bonchev–Trinajstić information content (AvgIpc) is 2.66. The third-order valence-corrected chi connectivity index (χ3v) is 6.32. The van der Waals surface area contributed by atoms with Crippen LogP contribution < -0.4 is 10.0 Å². The summed E-state index contributed by atoms with van der Waals surface area (Å²) >= 11 is 23.7. The molecule has 3 aromatic carbocycles. The quantitative estimate of drug-likeness (QED) is 0.356. The highest BCUT2D eigenvalue weighted by Gasteiger charge is 2.15. The van der Waals surface area contributed by atoms with E-state index in [4.69, 9.17) is 46.4 Å². The highest BCUT2D eigenvalue weighted by Crippen LogP contribution is 2.25. The zero-order chi connectivity index (χ0) is 22.6. The molecule has 0 fully saturated rings. The Bertz CT molecular complexity index is 1240. The van der Waals surface area contributed by atoms with Crippen molar-refractivity contribution in [1.82, 2.24) is 0 Å². The standard InChI is InChI=1S/C21H14Cl4N2O3S/c22-14-3-1-13(20(25)12-14)2-8-21(28)26-17-4-6-19(7-5-17)31(29,30)27-18-10-15(23)9-16(24)11-18/h1-12,27H,(H,26,28)/b8-2+. The van der Waals surface area contributed by atoms with Crippen LogP contribution in [0.2, 0.25) is 20.1 Å². The van der Waals surface area contributed by atoms with Crippen molar-refractivity contribution in [2.45, 2.75) is 4.90 Å². The van der Waals surface area contributed by atoms with Crippen molar-refractivity contribution in [2.75, 3.05) is 10.0 Å². The summed E-state index contributed by atoms with van der Waals surface area (Å²) in [6.07, 6.45) is 2.86. The molecule has 1 amide bonds. The summed E-state index contributed by atoms with van der Waals surface area (Å²) < 4.78 is 27.5. The number of anilines is 2. The van der Waals surface area contributed by atoms with Gasteiger partial charge in [0.1, 0.15) is 0 Å². The Morgan fingerprint density at radius 2 is 1.42 bits per heavy atom. The maximum Gasteiger partial charge on any atom is 0.261 e. The Morgan fingerprint density at radius 1 is 0.774 bits per heavy atom. The molecule has 0 saturated carbocycles. The Labute approximate surface area is 199 Å². The summed E-state index contributed by atoms with van der Waals surface area (Å²) in [5.74, 6) is -0.409. The van der Waals surface area contributed by atoms with Gasteiger partial charge in [-0.2, -0.15) is 0 Å². The highest BCUT2D eigenvalue weighted by atomic mass is 35.5. The second-order valence-electron chi connectivity index (χ2n) is 6.28. The first-order valence-electron chi connectivity index (χ1n) is 8.65. The van der Waals surface area contributed by atoms with Crippen molar-refractivity contribution in [3.05, 3.63) is 92.4 Å². The van der Waals surface area contributed by atoms with Crippen molar-refractivity contribution >= 4 is 79.8 Å². The van der Waals surface area contributed by atoms with Crippen LogP contribution in [-0.4, -0.2) is 14.3 Å². The maximum atomic E-state index is 12.6. The number of sulfonamides is 1. The molecule has 0 saturated heterocycles. The lowest BCUT2D eigenvalue weighted by molar-refractivity contribution is -0.111. The first-order valence-corrected chi connectivity index (χ1v) is 11.6. The molecule has 0 atom stereocenters. The van der Waals surface area contributed by atoms with E-state index in [9.17, 15) is 13.2 Å². The predicted octanol–water partition coefficient (Wildman–Crippen LogP) is 6.75. The Kier molecular flexibility index (Phi) is 7.51. The third kappa shape index (κ3) is 6.63. The molecular formula is C21H14Cl4N2O3S. The van der Waals surface area contributed by atoms with Gasteiger partial charge in [0.25, 0.3) is 10.0 Å². The molecule has 0 aliphatic carbocycles. The summed E-state index contributed by atoms with van der Waals surface area (Å²) in [6.45, 7) is 0. The van der Waals surface area contributed by atoms with Gasteiger partial charge in [-0.05, 0) is 66.2 Å². The Balaban J connectivity index is 1.67. The van der Waals surface area contributed by atoms with Crippen LogP contribution in [0.5, 0.6) is 0 Å². The fourth-order valence-electron chi connectivity index (χ4n) is 2.53. The Hall–Kier alpha value is -2.22. The monoisotopic (exact) mass is 514 g/mol. The van der Waals surface area contributed by atoms with Crippen LogP contribution in [0.25, 0.3) is 6.08 Å². The third-order valence-electron chi connectivity index (χ3n) is 3.92. The summed E-state index contributed by atoms with van der Waals surface area (Å²) in [7, 11) is -3.87. The minimum absolute atomic E-state index is 0.00471. The van der Waals surface area contributed by atoms with Gasteiger partial charge >= 0.3 is 0 Å². The molecule has 0 radical (unpaired) electrons. The van der Waals surface area contributed by atoms with E-state index >= 15 is 0 Å². The molecule has 3 rings (SSSR count). The molecule has 3 aromatic rings. The summed E-state index contributed by atoms with van der Waals surface area (Å²) in [5, 5.41) is 4.16. The van der Waals surface area contributed by atoms with Crippen LogP contribution in [0.1, 0.15) is 5.56 Å². The van der Waals surface area contributed by atoms with Crippen LogP contribution in [0.3, 0.4) is 0 Å². The van der Waals surface area contributed by atoms with Gasteiger partial charge < -0.3 is 5.32 Å². The van der Waals surface area contributed by atoms with Crippen molar-refractivity contribution in [3.8, 4) is 0 Å². The number of rotatable bonds is 6. The first kappa shape index (κ1) is 23.4. The molecule has 0 aromatic heterocycles. The number of amides is 1. The Morgan fingerprint density at radius 3 is 2.03 bits per heavy atom. The number of carbonyl (C=O) groups is 1. The molecule has 2 N–H and O–H groups in total. The molecule has 0 aliphatic rings. The molecule has 0 bridgehead atoms. The number of carbonyl (C=O) groups excluding carboxylic acids is 1. The summed E-state index contributed by atoms with van der Waals surface area (Å²) in [6, 6.07) is 15.0. The fraction of sp³-hybridized carbons (Fsp3) is 0. The number of hydrogen-bond acceptors (Lipinski definition) is 3. The van der Waals surface area contributed by atoms with E-state index in [2.05, 4.69) is 10.0 Å². The summed E-state index contributed by atoms with van der Waals surface area (Å²) in [5.41, 5.74) is 1.29. The average molecular weight is 516 g/mol. The molecule has 160 valence electrons. The maximum absolute atomic E-state index is 12.6. The lowest BCUT2D eigenvalue weighted by atomic mass is 10.2. The van der Waals surface area contributed by atoms with E-state index in [1.54, 1.807) is 24.3 Å². The van der Waals surface area contributed by atoms with E-state index < -0.39 is 15.9 Å². The van der Waals surface area contributed by atoms with Crippen LogP contribution >= 0.6 is 46.4 Å². The number of nitrogens with one attached hydrogen (secondary N) is 2. The van der Waals surface area contributed by atoms with E-state index in [1.165, 1.54) is 48.5 Å². The van der Waals surface area contributed by atoms with Gasteiger partial charge in [0.2, 0.25) is 5.91 Å². The van der Waals surface area contributed by atoms with E-state index in [0.29, 0.717) is 31.3 Å². The minimum atomic E-state index is -3.87. The van der Waals surface area contributed by atoms with E-state index in [-0.39, 0.29) is 10.6 Å². The van der Waals surface area contributed by atoms with Gasteiger partial charge in [0.05, 0.1) is 10.6 Å². The largest absolute Gasteiger partial charge is 0.323 e. The number of benzene rings is 3. The van der Waals surface area contributed by atoms with Crippen molar-refractivity contribution < 1.29 is 13.2 Å². The zero-order valence-corrected chi connectivity index (χ0v) is 19.4.